The fourth-order valence-electron chi connectivity index (χ4n) is 6.56. The summed E-state index contributed by atoms with van der Waals surface area (Å²) < 4.78 is 49.6. The molecule has 1 aromatic heterocycles. The number of amides is 1. The second-order valence-corrected chi connectivity index (χ2v) is 13.6. The van der Waals surface area contributed by atoms with Gasteiger partial charge in [-0.1, -0.05) is 60.7 Å². The number of benzene rings is 3. The highest BCUT2D eigenvalue weighted by atomic mass is 19.4. The Morgan fingerprint density at radius 3 is 2.56 bits per heavy atom. The van der Waals surface area contributed by atoms with Crippen LogP contribution in [0.4, 0.5) is 18.9 Å². The Labute approximate surface area is 317 Å². The summed E-state index contributed by atoms with van der Waals surface area (Å²) in [6, 6.07) is 19.1. The summed E-state index contributed by atoms with van der Waals surface area (Å²) in [6.45, 7) is -0.0853. The highest BCUT2D eigenvalue weighted by molar-refractivity contribution is 5.98. The van der Waals surface area contributed by atoms with Gasteiger partial charge in [-0.05, 0) is 78.1 Å². The van der Waals surface area contributed by atoms with E-state index in [0.29, 0.717) is 24.9 Å². The van der Waals surface area contributed by atoms with Gasteiger partial charge in [-0.25, -0.2) is 0 Å². The number of rotatable bonds is 17. The maximum absolute atomic E-state index is 13.1. The summed E-state index contributed by atoms with van der Waals surface area (Å²) in [6.07, 6.45) is 5.02. The number of ether oxygens (including phenoxy) is 2. The first-order chi connectivity index (χ1) is 26.4. The number of alkyl halides is 3. The third-order valence-electron chi connectivity index (χ3n) is 9.62. The van der Waals surface area contributed by atoms with Gasteiger partial charge in [-0.3, -0.25) is 14.6 Å². The lowest BCUT2D eigenvalue weighted by atomic mass is 9.89. The number of nitrogens with two attached hydrogens (primary N) is 1. The first-order valence-electron chi connectivity index (χ1n) is 18.2. The third-order valence-corrected chi connectivity index (χ3v) is 9.62. The smallest absolute Gasteiger partial charge is 0.416 e. The number of unbranched alkanes of at least 4 members (excludes halogenated alkanes) is 1. The van der Waals surface area contributed by atoms with E-state index >= 15 is 0 Å². The molecule has 10 nitrogen and oxygen atoms in total. The van der Waals surface area contributed by atoms with E-state index < -0.39 is 41.9 Å². The van der Waals surface area contributed by atoms with E-state index in [4.69, 9.17) is 15.2 Å². The van der Waals surface area contributed by atoms with Crippen LogP contribution in [-0.4, -0.2) is 63.6 Å². The monoisotopic (exact) mass is 761 g/mol. The summed E-state index contributed by atoms with van der Waals surface area (Å²) in [4.78, 5) is 29.6. The minimum Gasteiger partial charge on any atom is -0.491 e. The van der Waals surface area contributed by atoms with Gasteiger partial charge < -0.3 is 35.8 Å². The van der Waals surface area contributed by atoms with Crippen molar-refractivity contribution in [2.24, 2.45) is 17.6 Å². The van der Waals surface area contributed by atoms with Crippen LogP contribution in [0.3, 0.4) is 0 Å². The Kier molecular flexibility index (Phi) is 14.6. The van der Waals surface area contributed by atoms with E-state index in [9.17, 15) is 38.1 Å². The van der Waals surface area contributed by atoms with Gasteiger partial charge in [0.2, 0.25) is 5.91 Å². The van der Waals surface area contributed by atoms with E-state index in [2.05, 4.69) is 10.3 Å². The zero-order chi connectivity index (χ0) is 39.4. The molecule has 1 amide bonds. The number of carbonyl (C=O) groups is 2. The van der Waals surface area contributed by atoms with Crippen LogP contribution in [0, 0.1) is 11.8 Å². The Bertz CT molecular complexity index is 1940. The summed E-state index contributed by atoms with van der Waals surface area (Å²) in [5.41, 5.74) is 7.29. The molecule has 0 saturated heterocycles. The van der Waals surface area contributed by atoms with Gasteiger partial charge in [0.25, 0.3) is 0 Å². The molecule has 6 atom stereocenters. The molecule has 1 saturated carbocycles. The zero-order valence-electron chi connectivity index (χ0n) is 30.1. The highest BCUT2D eigenvalue weighted by Gasteiger charge is 2.39. The van der Waals surface area contributed by atoms with Gasteiger partial charge in [-0.15, -0.1) is 0 Å². The molecule has 2 unspecified atom stereocenters. The number of halogens is 3. The van der Waals surface area contributed by atoms with E-state index in [0.717, 1.165) is 34.0 Å². The van der Waals surface area contributed by atoms with Crippen LogP contribution in [0.2, 0.25) is 0 Å². The molecule has 5 rings (SSSR count). The molecular weight excluding hydrogens is 715 g/mol. The topological polar surface area (TPSA) is 164 Å². The zero-order valence-corrected chi connectivity index (χ0v) is 30.1. The Morgan fingerprint density at radius 2 is 1.80 bits per heavy atom. The average molecular weight is 762 g/mol. The summed E-state index contributed by atoms with van der Waals surface area (Å²) in [5, 5.41) is 36.2. The number of hydrogen-bond donors (Lipinski definition) is 5. The number of fused-ring (bicyclic) bond motifs is 1. The van der Waals surface area contributed by atoms with Crippen molar-refractivity contribution < 1.29 is 47.6 Å². The van der Waals surface area contributed by atoms with E-state index in [1.54, 1.807) is 42.7 Å². The van der Waals surface area contributed by atoms with E-state index in [1.807, 2.05) is 36.4 Å². The maximum atomic E-state index is 13.1. The van der Waals surface area contributed by atoms with Crippen LogP contribution >= 0.6 is 0 Å². The molecule has 6 N–H and O–H groups in total. The van der Waals surface area contributed by atoms with Crippen molar-refractivity contribution in [3.05, 3.63) is 126 Å². The number of anilines is 1. The second-order valence-electron chi connectivity index (χ2n) is 13.6. The number of carbonyl (C=O) groups excluding carboxylic acids is 2. The number of hydrogen-bond acceptors (Lipinski definition) is 9. The van der Waals surface area contributed by atoms with Gasteiger partial charge in [0.15, 0.2) is 0 Å². The molecule has 1 aliphatic rings. The van der Waals surface area contributed by atoms with Crippen LogP contribution in [0.5, 0.6) is 5.75 Å². The van der Waals surface area contributed by atoms with Crippen molar-refractivity contribution >= 4 is 28.3 Å². The lowest BCUT2D eigenvalue weighted by Crippen LogP contribution is -2.27. The number of aromatic nitrogens is 1. The minimum absolute atomic E-state index is 0.0300. The molecule has 3 aromatic carbocycles. The molecule has 0 aliphatic heterocycles. The van der Waals surface area contributed by atoms with Crippen molar-refractivity contribution in [1.82, 2.24) is 4.98 Å². The Hall–Kier alpha value is -5.08. The summed E-state index contributed by atoms with van der Waals surface area (Å²) >= 11 is 0. The molecule has 1 fully saturated rings. The summed E-state index contributed by atoms with van der Waals surface area (Å²) in [5.74, 6) is -1.93. The van der Waals surface area contributed by atoms with Crippen LogP contribution < -0.4 is 15.8 Å². The van der Waals surface area contributed by atoms with Crippen molar-refractivity contribution in [3.63, 3.8) is 0 Å². The lowest BCUT2D eigenvalue weighted by molar-refractivity contribution is -0.145. The van der Waals surface area contributed by atoms with Crippen LogP contribution in [0.15, 0.2) is 109 Å². The average Bonchev–Trinajstić information content (AvgIpc) is 3.44. The second kappa shape index (κ2) is 19.5. The molecule has 0 radical (unpaired) electrons. The van der Waals surface area contributed by atoms with E-state index in [1.165, 1.54) is 18.2 Å². The lowest BCUT2D eigenvalue weighted by Gasteiger charge is -2.19. The van der Waals surface area contributed by atoms with Crippen molar-refractivity contribution in [3.8, 4) is 5.75 Å². The fraction of sp³-hybridized carbons (Fsp3) is 0.357. The predicted octanol–water partition coefficient (Wildman–Crippen LogP) is 6.45. The van der Waals surface area contributed by atoms with Crippen LogP contribution in [-0.2, 0) is 27.1 Å². The van der Waals surface area contributed by atoms with Crippen LogP contribution in [0.25, 0.3) is 10.8 Å². The molecule has 13 heteroatoms. The molecule has 0 bridgehead atoms. The maximum Gasteiger partial charge on any atom is 0.416 e. The van der Waals surface area contributed by atoms with E-state index in [-0.39, 0.29) is 56.1 Å². The number of nitrogens with one attached hydrogen (secondary N) is 1. The molecule has 292 valence electrons. The molecule has 4 aromatic rings. The van der Waals surface area contributed by atoms with Crippen molar-refractivity contribution in [2.75, 3.05) is 18.5 Å². The molecular formula is C42H46F3N3O7. The number of nitrogens with zero attached hydrogens (tertiary/aromatic N) is 1. The number of esters is 1. The van der Waals surface area contributed by atoms with Gasteiger partial charge in [0, 0.05) is 48.8 Å². The largest absolute Gasteiger partial charge is 0.491 e. The van der Waals surface area contributed by atoms with Gasteiger partial charge in [0.05, 0.1) is 23.7 Å². The quantitative estimate of drug-likeness (QED) is 0.0462. The number of pyridine rings is 1. The van der Waals surface area contributed by atoms with Gasteiger partial charge in [-0.2, -0.15) is 13.2 Å². The minimum atomic E-state index is -4.51. The molecule has 1 aliphatic carbocycles. The predicted molar refractivity (Wildman–Crippen MR) is 202 cm³/mol. The third kappa shape index (κ3) is 12.0. The highest BCUT2D eigenvalue weighted by Crippen LogP contribution is 2.36. The van der Waals surface area contributed by atoms with Crippen molar-refractivity contribution in [2.45, 2.75) is 69.1 Å². The molecule has 1 heterocycles. The summed E-state index contributed by atoms with van der Waals surface area (Å²) in [7, 11) is 0. The molecule has 0 spiro atoms. The van der Waals surface area contributed by atoms with Gasteiger partial charge >= 0.3 is 12.1 Å². The first-order valence-corrected chi connectivity index (χ1v) is 18.2. The number of aliphatic hydroxyl groups is 3. The SMILES string of the molecule is NCC(C(=O)Nc1ccc2cnccc2c1)c1ccc(COC(=O)CCCC=CC[C@@H]2[C@@H](C=CC(O)COc3cccc(C(F)(F)F)c3)[C@H](O)C[C@@H]2O)cc1. The standard InChI is InChI=1S/C42H46F3N3O7/c43-42(44,45)31-6-5-7-34(21-31)54-26-33(49)16-17-36-35(38(50)22-39(36)51)8-3-1-2-4-9-40(52)55-25-27-10-12-28(13-11-27)37(23-46)41(53)48-32-15-14-30-24-47-19-18-29(30)20-32/h1,3,5-7,10-21,24,33,35-39,49-51H,2,4,8-9,22-23,25-26,46H2,(H,48,53)/t33?,35-,36-,37?,38+,39-/m1/s1. The first kappa shape index (κ1) is 41.1. The number of allylic oxidation sites excluding steroid dienone is 2. The molecule has 55 heavy (non-hydrogen) atoms. The van der Waals surface area contributed by atoms with Crippen LogP contribution in [0.1, 0.15) is 54.7 Å². The normalized spacial score (nSPS) is 19.8. The van der Waals surface area contributed by atoms with Gasteiger partial charge in [0.1, 0.15) is 25.1 Å². The van der Waals surface area contributed by atoms with Crippen molar-refractivity contribution in [1.29, 1.82) is 0 Å². The Balaban J connectivity index is 1.00. The number of aliphatic hydroxyl groups excluding tert-OH is 3. The Morgan fingerprint density at radius 1 is 1.00 bits per heavy atom. The fourth-order valence-corrected chi connectivity index (χ4v) is 6.56.